The molecule has 1 amide bonds. The van der Waals surface area contributed by atoms with Crippen molar-refractivity contribution in [2.75, 3.05) is 6.54 Å². The Morgan fingerprint density at radius 1 is 1.28 bits per heavy atom. The summed E-state index contributed by atoms with van der Waals surface area (Å²) in [6, 6.07) is 8.13. The molecular weight excluding hydrogens is 373 g/mol. The summed E-state index contributed by atoms with van der Waals surface area (Å²) in [6.45, 7) is 8.38. The lowest BCUT2D eigenvalue weighted by atomic mass is 10.0. The van der Waals surface area contributed by atoms with Crippen LogP contribution in [0.3, 0.4) is 0 Å². The Morgan fingerprint density at radius 3 is 2.62 bits per heavy atom. The Bertz CT molecular complexity index is 876. The van der Waals surface area contributed by atoms with Gasteiger partial charge >= 0.3 is 0 Å². The maximum Gasteiger partial charge on any atom is 0.283 e. The van der Waals surface area contributed by atoms with E-state index in [9.17, 15) is 9.18 Å². The first kappa shape index (κ1) is 21.0. The highest BCUT2D eigenvalue weighted by Crippen LogP contribution is 2.21. The van der Waals surface area contributed by atoms with E-state index in [2.05, 4.69) is 40.3 Å². The van der Waals surface area contributed by atoms with E-state index in [1.54, 1.807) is 32.0 Å². The van der Waals surface area contributed by atoms with Crippen molar-refractivity contribution in [1.82, 2.24) is 21.5 Å². The Hall–Kier alpha value is -2.71. The van der Waals surface area contributed by atoms with E-state index in [1.807, 2.05) is 0 Å². The molecule has 0 aliphatic carbocycles. The number of amides is 1. The monoisotopic (exact) mass is 401 g/mol. The van der Waals surface area contributed by atoms with Gasteiger partial charge < -0.3 is 15.1 Å². The quantitative estimate of drug-likeness (QED) is 0.455. The van der Waals surface area contributed by atoms with E-state index in [4.69, 9.17) is 4.42 Å². The molecule has 1 aliphatic rings. The van der Waals surface area contributed by atoms with Gasteiger partial charge in [-0.15, -0.1) is 0 Å². The van der Waals surface area contributed by atoms with E-state index in [0.717, 1.165) is 5.56 Å². The number of benzene rings is 1. The highest BCUT2D eigenvalue weighted by atomic mass is 19.1. The molecule has 4 N–H and O–H groups in total. The molecule has 1 fully saturated rings. The molecule has 29 heavy (non-hydrogen) atoms. The summed E-state index contributed by atoms with van der Waals surface area (Å²) < 4.78 is 18.6. The van der Waals surface area contributed by atoms with Gasteiger partial charge in [-0.25, -0.2) is 15.2 Å². The lowest BCUT2D eigenvalue weighted by Crippen LogP contribution is -2.50. The number of hydrazine groups is 1. The van der Waals surface area contributed by atoms with Crippen LogP contribution in [-0.2, 0) is 0 Å². The van der Waals surface area contributed by atoms with Crippen molar-refractivity contribution in [1.29, 1.82) is 0 Å². The number of guanidine groups is 1. The van der Waals surface area contributed by atoms with Crippen LogP contribution in [0.4, 0.5) is 4.39 Å². The number of rotatable bonds is 5. The van der Waals surface area contributed by atoms with Gasteiger partial charge in [0.05, 0.1) is 11.7 Å². The van der Waals surface area contributed by atoms with Crippen LogP contribution in [0.2, 0.25) is 0 Å². The Kier molecular flexibility index (Phi) is 6.66. The molecule has 1 aromatic carbocycles. The smallest absolute Gasteiger partial charge is 0.283 e. The summed E-state index contributed by atoms with van der Waals surface area (Å²) in [6.07, 6.45) is 0.551. The molecule has 156 valence electrons. The maximum absolute atomic E-state index is 13.2. The molecule has 0 radical (unpaired) electrons. The number of carbonyl (C=O) groups excluding carboxylic acids is 1. The first-order chi connectivity index (χ1) is 13.8. The molecule has 2 heterocycles. The third-order valence-corrected chi connectivity index (χ3v) is 4.65. The number of nitrogens with one attached hydrogen (secondary N) is 4. The highest BCUT2D eigenvalue weighted by Gasteiger charge is 2.26. The van der Waals surface area contributed by atoms with Gasteiger partial charge in [-0.05, 0) is 43.5 Å². The maximum atomic E-state index is 13.2. The number of aryl methyl sites for hydroxylation is 2. The van der Waals surface area contributed by atoms with Gasteiger partial charge in [0.15, 0.2) is 0 Å². The van der Waals surface area contributed by atoms with Gasteiger partial charge in [0, 0.05) is 19.0 Å². The van der Waals surface area contributed by atoms with Crippen LogP contribution in [0.25, 0.3) is 0 Å². The second-order valence-electron chi connectivity index (χ2n) is 7.69. The van der Waals surface area contributed by atoms with Crippen LogP contribution in [0.1, 0.15) is 53.8 Å². The molecular formula is C21H28FN5O2. The fourth-order valence-corrected chi connectivity index (χ4v) is 3.16. The minimum Gasteiger partial charge on any atom is -0.466 e. The van der Waals surface area contributed by atoms with Crippen LogP contribution in [0.5, 0.6) is 0 Å². The molecule has 1 saturated heterocycles. The van der Waals surface area contributed by atoms with Gasteiger partial charge in [0.1, 0.15) is 17.3 Å². The molecule has 0 saturated carbocycles. The topological polar surface area (TPSA) is 90.7 Å². The van der Waals surface area contributed by atoms with E-state index in [1.165, 1.54) is 12.1 Å². The van der Waals surface area contributed by atoms with Crippen LogP contribution in [-0.4, -0.2) is 24.6 Å². The van der Waals surface area contributed by atoms with Gasteiger partial charge in [0.25, 0.3) is 5.91 Å². The van der Waals surface area contributed by atoms with Crippen molar-refractivity contribution >= 4 is 11.9 Å². The fraction of sp³-hybridized carbons (Fsp3) is 0.429. The number of carbonyl (C=O) groups is 1. The van der Waals surface area contributed by atoms with Crippen molar-refractivity contribution in [3.8, 4) is 0 Å². The first-order valence-corrected chi connectivity index (χ1v) is 9.78. The lowest BCUT2D eigenvalue weighted by Gasteiger charge is -2.18. The number of hydrogen-bond donors (Lipinski definition) is 4. The summed E-state index contributed by atoms with van der Waals surface area (Å²) in [5.74, 6) is 1.40. The predicted octanol–water partition coefficient (Wildman–Crippen LogP) is 2.93. The summed E-state index contributed by atoms with van der Waals surface area (Å²) in [7, 11) is 0. The van der Waals surface area contributed by atoms with E-state index >= 15 is 0 Å². The molecule has 2 aromatic rings. The molecule has 8 heteroatoms. The van der Waals surface area contributed by atoms with E-state index in [0.29, 0.717) is 41.9 Å². The predicted molar refractivity (Wildman–Crippen MR) is 110 cm³/mol. The first-order valence-electron chi connectivity index (χ1n) is 9.78. The molecule has 2 atom stereocenters. The molecule has 1 aliphatic heterocycles. The molecule has 0 spiro atoms. The number of halogens is 1. The number of furan rings is 1. The van der Waals surface area contributed by atoms with Gasteiger partial charge in [0.2, 0.25) is 5.96 Å². The van der Waals surface area contributed by atoms with E-state index < -0.39 is 0 Å². The van der Waals surface area contributed by atoms with Crippen molar-refractivity contribution < 1.29 is 13.6 Å². The zero-order valence-electron chi connectivity index (χ0n) is 17.2. The standard InChI is InChI=1S/C21H28FN5O2/c1-12(2)11-23-21(25-20(28)17-9-13(3)29-14(17)4)24-19-10-18(26-27-19)15-5-7-16(22)8-6-15/h5-9,12,18-19,26-27H,10-11H2,1-4H3,(H2,23,24,25,28). The van der Waals surface area contributed by atoms with Gasteiger partial charge in [-0.3, -0.25) is 4.79 Å². The third-order valence-electron chi connectivity index (χ3n) is 4.65. The van der Waals surface area contributed by atoms with Crippen molar-refractivity contribution in [3.63, 3.8) is 0 Å². The molecule has 7 nitrogen and oxygen atoms in total. The van der Waals surface area contributed by atoms with Gasteiger partial charge in [-0.1, -0.05) is 26.0 Å². The molecule has 1 aromatic heterocycles. The zero-order chi connectivity index (χ0) is 21.0. The Morgan fingerprint density at radius 2 is 2.00 bits per heavy atom. The van der Waals surface area contributed by atoms with Gasteiger partial charge in [-0.2, -0.15) is 4.99 Å². The Labute approximate surface area is 170 Å². The summed E-state index contributed by atoms with van der Waals surface area (Å²) in [4.78, 5) is 16.9. The minimum atomic E-state index is -0.362. The van der Waals surface area contributed by atoms with Crippen LogP contribution in [0, 0.1) is 25.6 Å². The number of hydrogen-bond acceptors (Lipinski definition) is 4. The summed E-state index contributed by atoms with van der Waals surface area (Å²) in [5.41, 5.74) is 7.79. The van der Waals surface area contributed by atoms with Crippen LogP contribution >= 0.6 is 0 Å². The average Bonchev–Trinajstić information content (AvgIpc) is 3.26. The fourth-order valence-electron chi connectivity index (χ4n) is 3.16. The van der Waals surface area contributed by atoms with Crippen molar-refractivity contribution in [2.45, 2.75) is 46.3 Å². The zero-order valence-corrected chi connectivity index (χ0v) is 17.2. The average molecular weight is 401 g/mol. The van der Waals surface area contributed by atoms with Crippen LogP contribution < -0.4 is 21.5 Å². The summed E-state index contributed by atoms with van der Waals surface area (Å²) in [5, 5.41) is 6.45. The van der Waals surface area contributed by atoms with Crippen molar-refractivity contribution in [2.24, 2.45) is 10.9 Å². The molecule has 0 bridgehead atoms. The lowest BCUT2D eigenvalue weighted by molar-refractivity contribution is 0.100. The normalized spacial score (nSPS) is 19.6. The molecule has 2 unspecified atom stereocenters. The molecule has 3 rings (SSSR count). The highest BCUT2D eigenvalue weighted by molar-refractivity contribution is 6.03. The largest absolute Gasteiger partial charge is 0.466 e. The van der Waals surface area contributed by atoms with Crippen LogP contribution in [0.15, 0.2) is 39.7 Å². The second kappa shape index (κ2) is 9.19. The minimum absolute atomic E-state index is 0.0221. The SMILES string of the molecule is Cc1cc(C(=O)/N=C(/NCC(C)C)NC2CC(c3ccc(F)cc3)NN2)c(C)o1. The second-order valence-corrected chi connectivity index (χ2v) is 7.69. The third kappa shape index (κ3) is 5.65. The van der Waals surface area contributed by atoms with Crippen molar-refractivity contribution in [3.05, 3.63) is 58.8 Å². The number of nitrogens with zero attached hydrogens (tertiary/aromatic N) is 1. The number of aliphatic imine (C=N–C) groups is 1. The Balaban J connectivity index is 1.69. The van der Waals surface area contributed by atoms with E-state index in [-0.39, 0.29) is 23.9 Å². The summed E-state index contributed by atoms with van der Waals surface area (Å²) >= 11 is 0.